The van der Waals surface area contributed by atoms with Crippen LogP contribution in [0.5, 0.6) is 0 Å². The Labute approximate surface area is 162 Å². The number of benzene rings is 1. The fourth-order valence-corrected chi connectivity index (χ4v) is 2.62. The van der Waals surface area contributed by atoms with Gasteiger partial charge in [-0.15, -0.1) is 0 Å². The van der Waals surface area contributed by atoms with E-state index in [9.17, 15) is 23.6 Å². The third-order valence-corrected chi connectivity index (χ3v) is 4.11. The Morgan fingerprint density at radius 2 is 1.71 bits per heavy atom. The van der Waals surface area contributed by atoms with Gasteiger partial charge in [0, 0.05) is 13.3 Å². The molecule has 1 aromatic carbocycles. The van der Waals surface area contributed by atoms with Crippen LogP contribution < -0.4 is 10.6 Å². The van der Waals surface area contributed by atoms with Gasteiger partial charge in [-0.2, -0.15) is 0 Å². The van der Waals surface area contributed by atoms with Crippen LogP contribution in [0.15, 0.2) is 24.3 Å². The van der Waals surface area contributed by atoms with Crippen molar-refractivity contribution in [1.29, 1.82) is 0 Å². The van der Waals surface area contributed by atoms with Crippen molar-refractivity contribution < 1.29 is 33.0 Å². The molecule has 0 aliphatic rings. The van der Waals surface area contributed by atoms with E-state index in [-0.39, 0.29) is 18.4 Å². The molecule has 2 amide bonds. The lowest BCUT2D eigenvalue weighted by atomic mass is 9.97. The molecule has 0 saturated heterocycles. The summed E-state index contributed by atoms with van der Waals surface area (Å²) in [5.74, 6) is -3.65. The third-order valence-electron chi connectivity index (χ3n) is 4.11. The first-order valence-corrected chi connectivity index (χ1v) is 8.65. The summed E-state index contributed by atoms with van der Waals surface area (Å²) in [7, 11) is 2.36. The third kappa shape index (κ3) is 6.98. The monoisotopic (exact) mass is 396 g/mol. The molecule has 0 aliphatic heterocycles. The second-order valence-electron chi connectivity index (χ2n) is 6.32. The second kappa shape index (κ2) is 11.0. The Hall–Kier alpha value is -2.97. The molecule has 3 atom stereocenters. The minimum Gasteiger partial charge on any atom is -0.469 e. The number of ether oxygens (including phenoxy) is 2. The van der Waals surface area contributed by atoms with Crippen molar-refractivity contribution in [2.75, 3.05) is 14.2 Å². The number of hydrogen-bond acceptors (Lipinski definition) is 6. The first-order valence-electron chi connectivity index (χ1n) is 8.65. The highest BCUT2D eigenvalue weighted by Crippen LogP contribution is 2.13. The quantitative estimate of drug-likeness (QED) is 0.596. The Kier molecular flexibility index (Phi) is 9.07. The van der Waals surface area contributed by atoms with Gasteiger partial charge in [0.15, 0.2) is 0 Å². The largest absolute Gasteiger partial charge is 0.469 e. The molecule has 0 saturated carbocycles. The van der Waals surface area contributed by atoms with Crippen LogP contribution in [0.4, 0.5) is 4.39 Å². The van der Waals surface area contributed by atoms with Crippen LogP contribution in [-0.2, 0) is 35.1 Å². The van der Waals surface area contributed by atoms with Crippen LogP contribution in [0.1, 0.15) is 25.8 Å². The lowest BCUT2D eigenvalue weighted by Crippen LogP contribution is -2.54. The first kappa shape index (κ1) is 23.1. The average molecular weight is 396 g/mol. The van der Waals surface area contributed by atoms with Gasteiger partial charge in [-0.25, -0.2) is 9.18 Å². The predicted molar refractivity (Wildman–Crippen MR) is 97.5 cm³/mol. The summed E-state index contributed by atoms with van der Waals surface area (Å²) in [5, 5.41) is 4.93. The average Bonchev–Trinajstić information content (AvgIpc) is 2.65. The lowest BCUT2D eigenvalue weighted by Gasteiger charge is -2.25. The zero-order chi connectivity index (χ0) is 21.3. The molecular formula is C19H25FN2O6. The van der Waals surface area contributed by atoms with Gasteiger partial charge in [-0.3, -0.25) is 14.4 Å². The standard InChI is InChI=1S/C19H25FN2O6/c1-11(9-16(24)27-3)17(19(26)28-4)22-18(25)15(21-12(2)23)10-13-7-5-6-8-14(13)20/h5-8,11,15,17H,9-10H2,1-4H3,(H,21,23)(H,22,25)/t11-,15+,17-/m1/s1. The molecular weight excluding hydrogens is 371 g/mol. The summed E-state index contributed by atoms with van der Waals surface area (Å²) in [6.07, 6.45) is -0.244. The molecule has 2 N–H and O–H groups in total. The molecule has 1 rings (SSSR count). The summed E-state index contributed by atoms with van der Waals surface area (Å²) >= 11 is 0. The highest BCUT2D eigenvalue weighted by atomic mass is 19.1. The zero-order valence-electron chi connectivity index (χ0n) is 16.3. The van der Waals surface area contributed by atoms with E-state index in [1.165, 1.54) is 32.2 Å². The van der Waals surface area contributed by atoms with Crippen LogP contribution >= 0.6 is 0 Å². The summed E-state index contributed by atoms with van der Waals surface area (Å²) in [4.78, 5) is 47.8. The van der Waals surface area contributed by atoms with Gasteiger partial charge >= 0.3 is 11.9 Å². The summed E-state index contributed by atoms with van der Waals surface area (Å²) in [6.45, 7) is 2.79. The zero-order valence-corrected chi connectivity index (χ0v) is 16.3. The highest BCUT2D eigenvalue weighted by Gasteiger charge is 2.32. The van der Waals surface area contributed by atoms with Crippen molar-refractivity contribution in [2.24, 2.45) is 5.92 Å². The van der Waals surface area contributed by atoms with E-state index in [0.717, 1.165) is 7.11 Å². The number of halogens is 1. The minimum absolute atomic E-state index is 0.114. The molecule has 0 spiro atoms. The van der Waals surface area contributed by atoms with Crippen molar-refractivity contribution in [1.82, 2.24) is 10.6 Å². The molecule has 0 heterocycles. The molecule has 0 bridgehead atoms. The summed E-state index contributed by atoms with van der Waals surface area (Å²) in [6, 6.07) is 3.59. The SMILES string of the molecule is COC(=O)C[C@@H](C)[C@@H](NC(=O)[C@H](Cc1ccccc1F)NC(C)=O)C(=O)OC. The predicted octanol–water partition coefficient (Wildman–Crippen LogP) is 0.730. The Balaban J connectivity index is 3.00. The lowest BCUT2D eigenvalue weighted by molar-refractivity contribution is -0.148. The molecule has 0 unspecified atom stereocenters. The molecule has 0 aromatic heterocycles. The van der Waals surface area contributed by atoms with E-state index >= 15 is 0 Å². The fourth-order valence-electron chi connectivity index (χ4n) is 2.62. The number of esters is 2. The first-order chi connectivity index (χ1) is 13.2. The maximum absolute atomic E-state index is 13.9. The van der Waals surface area contributed by atoms with Gasteiger partial charge in [0.2, 0.25) is 11.8 Å². The van der Waals surface area contributed by atoms with Crippen molar-refractivity contribution >= 4 is 23.8 Å². The van der Waals surface area contributed by atoms with Crippen molar-refractivity contribution in [3.05, 3.63) is 35.6 Å². The Bertz CT molecular complexity index is 724. The topological polar surface area (TPSA) is 111 Å². The van der Waals surface area contributed by atoms with Crippen molar-refractivity contribution in [2.45, 2.75) is 38.8 Å². The maximum atomic E-state index is 13.9. The van der Waals surface area contributed by atoms with Crippen molar-refractivity contribution in [3.63, 3.8) is 0 Å². The molecule has 0 fully saturated rings. The number of rotatable bonds is 9. The van der Waals surface area contributed by atoms with Crippen LogP contribution in [-0.4, -0.2) is 50.1 Å². The van der Waals surface area contributed by atoms with Gasteiger partial charge in [-0.05, 0) is 17.5 Å². The molecule has 0 radical (unpaired) electrons. The number of carbonyl (C=O) groups excluding carboxylic acids is 4. The molecule has 9 heteroatoms. The second-order valence-corrected chi connectivity index (χ2v) is 6.32. The number of carbonyl (C=O) groups is 4. The summed E-state index contributed by atoms with van der Waals surface area (Å²) < 4.78 is 23.2. The van der Waals surface area contributed by atoms with Gasteiger partial charge in [0.05, 0.1) is 20.6 Å². The summed E-state index contributed by atoms with van der Waals surface area (Å²) in [5.41, 5.74) is 0.230. The van der Waals surface area contributed by atoms with E-state index in [0.29, 0.717) is 0 Å². The van der Waals surface area contributed by atoms with Gasteiger partial charge in [0.1, 0.15) is 17.9 Å². The van der Waals surface area contributed by atoms with E-state index in [2.05, 4.69) is 15.4 Å². The molecule has 1 aromatic rings. The number of methoxy groups -OCH3 is 2. The van der Waals surface area contributed by atoms with Crippen LogP contribution in [0.25, 0.3) is 0 Å². The van der Waals surface area contributed by atoms with Crippen LogP contribution in [0.3, 0.4) is 0 Å². The van der Waals surface area contributed by atoms with Gasteiger partial charge < -0.3 is 20.1 Å². The molecule has 154 valence electrons. The maximum Gasteiger partial charge on any atom is 0.328 e. The van der Waals surface area contributed by atoms with Crippen LogP contribution in [0.2, 0.25) is 0 Å². The fraction of sp³-hybridized carbons (Fsp3) is 0.474. The number of nitrogens with one attached hydrogen (secondary N) is 2. The van der Waals surface area contributed by atoms with E-state index < -0.39 is 47.6 Å². The Morgan fingerprint density at radius 1 is 1.07 bits per heavy atom. The Morgan fingerprint density at radius 3 is 2.25 bits per heavy atom. The number of amides is 2. The van der Waals surface area contributed by atoms with E-state index in [1.807, 2.05) is 0 Å². The molecule has 8 nitrogen and oxygen atoms in total. The normalized spacial score (nSPS) is 13.6. The smallest absolute Gasteiger partial charge is 0.328 e. The van der Waals surface area contributed by atoms with Crippen LogP contribution in [0, 0.1) is 11.7 Å². The minimum atomic E-state index is -1.14. The number of hydrogen-bond donors (Lipinski definition) is 2. The highest BCUT2D eigenvalue weighted by molar-refractivity contribution is 5.90. The van der Waals surface area contributed by atoms with E-state index in [1.54, 1.807) is 13.0 Å². The van der Waals surface area contributed by atoms with E-state index in [4.69, 9.17) is 4.74 Å². The van der Waals surface area contributed by atoms with Gasteiger partial charge in [0.25, 0.3) is 0 Å². The molecule has 0 aliphatic carbocycles. The van der Waals surface area contributed by atoms with Crippen molar-refractivity contribution in [3.8, 4) is 0 Å². The van der Waals surface area contributed by atoms with Gasteiger partial charge in [-0.1, -0.05) is 25.1 Å². The molecule has 28 heavy (non-hydrogen) atoms.